The maximum absolute atomic E-state index is 13.3. The van der Waals surface area contributed by atoms with Gasteiger partial charge in [0.15, 0.2) is 5.79 Å². The lowest BCUT2D eigenvalue weighted by atomic mass is 9.83. The van der Waals surface area contributed by atoms with E-state index in [0.717, 1.165) is 0 Å². The van der Waals surface area contributed by atoms with Crippen LogP contribution in [0.15, 0.2) is 30.3 Å². The van der Waals surface area contributed by atoms with Crippen LogP contribution in [-0.4, -0.2) is 65.3 Å². The number of hydrogen-bond acceptors (Lipinski definition) is 8. The van der Waals surface area contributed by atoms with Crippen molar-refractivity contribution in [3.63, 3.8) is 0 Å². The van der Waals surface area contributed by atoms with E-state index in [0.29, 0.717) is 18.5 Å². The number of hydrazine groups is 1. The Labute approximate surface area is 186 Å². The van der Waals surface area contributed by atoms with Gasteiger partial charge < -0.3 is 24.3 Å². The number of nitrogens with zero attached hydrogens (tertiary/aromatic N) is 1. The summed E-state index contributed by atoms with van der Waals surface area (Å²) in [5.74, 6) is -1.84. The molecule has 2 amide bonds. The van der Waals surface area contributed by atoms with Gasteiger partial charge in [0.2, 0.25) is 0 Å². The van der Waals surface area contributed by atoms with Crippen molar-refractivity contribution in [1.29, 1.82) is 0 Å². The van der Waals surface area contributed by atoms with Crippen molar-refractivity contribution < 1.29 is 33.3 Å². The zero-order valence-electron chi connectivity index (χ0n) is 18.6. The summed E-state index contributed by atoms with van der Waals surface area (Å²) in [6, 6.07) is 7.40. The highest BCUT2D eigenvalue weighted by Gasteiger charge is 2.60. The largest absolute Gasteiger partial charge is 0.461 e. The van der Waals surface area contributed by atoms with Crippen LogP contribution in [0.5, 0.6) is 0 Å². The first-order valence-corrected chi connectivity index (χ1v) is 10.8. The zero-order chi connectivity index (χ0) is 23.0. The zero-order valence-corrected chi connectivity index (χ0v) is 18.6. The smallest absolute Gasteiger partial charge is 0.336 e. The number of ether oxygens (including phenoxy) is 4. The maximum atomic E-state index is 13.3. The highest BCUT2D eigenvalue weighted by Crippen LogP contribution is 2.41. The lowest BCUT2D eigenvalue weighted by Gasteiger charge is -2.51. The molecule has 4 fully saturated rings. The fourth-order valence-electron chi connectivity index (χ4n) is 4.76. The van der Waals surface area contributed by atoms with Gasteiger partial charge in [0.25, 0.3) is 0 Å². The van der Waals surface area contributed by atoms with E-state index >= 15 is 0 Å². The van der Waals surface area contributed by atoms with Gasteiger partial charge in [-0.25, -0.2) is 15.2 Å². The van der Waals surface area contributed by atoms with Gasteiger partial charge in [-0.2, -0.15) is 0 Å². The number of nitrogens with one attached hydrogen (secondary N) is 2. The third kappa shape index (κ3) is 4.57. The molecule has 32 heavy (non-hydrogen) atoms. The van der Waals surface area contributed by atoms with Crippen LogP contribution in [0.25, 0.3) is 0 Å². The average Bonchev–Trinajstić information content (AvgIpc) is 3.02. The molecule has 1 aliphatic carbocycles. The molecule has 174 valence electrons. The number of fused-ring (bicyclic) bond motifs is 4. The number of urea groups is 1. The first-order valence-electron chi connectivity index (χ1n) is 10.8. The minimum absolute atomic E-state index is 0.391. The van der Waals surface area contributed by atoms with Gasteiger partial charge in [-0.05, 0) is 38.8 Å². The molecule has 0 spiro atoms. The summed E-state index contributed by atoms with van der Waals surface area (Å²) in [4.78, 5) is 37.1. The number of carbonyl (C=O) groups is 3. The van der Waals surface area contributed by atoms with Gasteiger partial charge in [0, 0.05) is 19.5 Å². The molecule has 0 radical (unpaired) electrons. The molecule has 1 saturated carbocycles. The Morgan fingerprint density at radius 3 is 2.25 bits per heavy atom. The van der Waals surface area contributed by atoms with Gasteiger partial charge in [0.05, 0.1) is 6.04 Å². The molecular formula is C22H29N3O7. The summed E-state index contributed by atoms with van der Waals surface area (Å²) >= 11 is 0. The van der Waals surface area contributed by atoms with Crippen molar-refractivity contribution in [2.75, 3.05) is 5.32 Å². The number of amides is 2. The van der Waals surface area contributed by atoms with E-state index in [1.165, 1.54) is 18.9 Å². The second-order valence-electron chi connectivity index (χ2n) is 8.75. The summed E-state index contributed by atoms with van der Waals surface area (Å²) in [6.45, 7) is 6.23. The van der Waals surface area contributed by atoms with Crippen molar-refractivity contribution in [2.45, 2.75) is 82.8 Å². The molecule has 1 aromatic rings. The predicted molar refractivity (Wildman–Crippen MR) is 112 cm³/mol. The van der Waals surface area contributed by atoms with E-state index in [1.54, 1.807) is 26.0 Å². The Kier molecular flexibility index (Phi) is 6.11. The van der Waals surface area contributed by atoms with Crippen LogP contribution in [0.3, 0.4) is 0 Å². The highest BCUT2D eigenvalue weighted by atomic mass is 16.8. The van der Waals surface area contributed by atoms with Crippen LogP contribution < -0.4 is 10.7 Å². The number of benzene rings is 1. The molecule has 2 bridgehead atoms. The molecule has 3 aliphatic heterocycles. The Hall–Kier alpha value is -2.69. The third-order valence-electron chi connectivity index (χ3n) is 5.84. The van der Waals surface area contributed by atoms with Crippen molar-refractivity contribution in [3.8, 4) is 0 Å². The van der Waals surface area contributed by atoms with Crippen molar-refractivity contribution in [1.82, 2.24) is 10.4 Å². The normalized spacial score (nSPS) is 32.9. The van der Waals surface area contributed by atoms with E-state index < -0.39 is 60.3 Å². The Bertz CT molecular complexity index is 878. The third-order valence-corrected chi connectivity index (χ3v) is 5.84. The number of anilines is 1. The molecular weight excluding hydrogens is 418 g/mol. The number of esters is 2. The lowest BCUT2D eigenvalue weighted by Crippen LogP contribution is -2.75. The van der Waals surface area contributed by atoms with E-state index in [9.17, 15) is 14.4 Å². The Balaban J connectivity index is 1.72. The van der Waals surface area contributed by atoms with Gasteiger partial charge in [-0.15, -0.1) is 0 Å². The highest BCUT2D eigenvalue weighted by molar-refractivity contribution is 5.89. The van der Waals surface area contributed by atoms with Gasteiger partial charge in [-0.1, -0.05) is 18.2 Å². The quantitative estimate of drug-likeness (QED) is 0.676. The number of hydrogen-bond donors (Lipinski definition) is 2. The summed E-state index contributed by atoms with van der Waals surface area (Å²) < 4.78 is 23.6. The van der Waals surface area contributed by atoms with Crippen LogP contribution in [-0.2, 0) is 28.5 Å². The standard InChI is InChI=1S/C22H29N3O7/c1-12(26)29-15-10-11-16(30-13(2)27)18-20-19(31-22(3,4)32-20)17(15)24-25(18)21(28)23-14-8-6-5-7-9-14/h5-9,15-20,24H,10-11H2,1-4H3,(H,23,28)/t15-,16-,17?,18?,19+,20-/m1/s1. The van der Waals surface area contributed by atoms with Crippen LogP contribution in [0, 0.1) is 0 Å². The Morgan fingerprint density at radius 2 is 1.59 bits per heavy atom. The van der Waals surface area contributed by atoms with Crippen LogP contribution in [0.1, 0.15) is 40.5 Å². The number of rotatable bonds is 3. The van der Waals surface area contributed by atoms with Crippen molar-refractivity contribution in [3.05, 3.63) is 30.3 Å². The minimum atomic E-state index is -0.925. The van der Waals surface area contributed by atoms with Crippen molar-refractivity contribution in [2.24, 2.45) is 0 Å². The van der Waals surface area contributed by atoms with Crippen molar-refractivity contribution >= 4 is 23.7 Å². The van der Waals surface area contributed by atoms with Gasteiger partial charge in [-0.3, -0.25) is 9.59 Å². The van der Waals surface area contributed by atoms with E-state index in [1.807, 2.05) is 18.2 Å². The maximum Gasteiger partial charge on any atom is 0.336 e. The van der Waals surface area contributed by atoms with E-state index in [-0.39, 0.29) is 0 Å². The number of carbonyl (C=O) groups excluding carboxylic acids is 3. The van der Waals surface area contributed by atoms with Crippen LogP contribution >= 0.6 is 0 Å². The van der Waals surface area contributed by atoms with E-state index in [2.05, 4.69) is 10.7 Å². The lowest BCUT2D eigenvalue weighted by molar-refractivity contribution is -0.175. The molecule has 4 aliphatic rings. The molecule has 3 heterocycles. The average molecular weight is 447 g/mol. The summed E-state index contributed by atoms with van der Waals surface area (Å²) in [7, 11) is 0. The second kappa shape index (κ2) is 8.68. The monoisotopic (exact) mass is 447 g/mol. The summed E-state index contributed by atoms with van der Waals surface area (Å²) in [5.41, 5.74) is 3.80. The SMILES string of the molecule is CC(=O)O[C@@H]1CC[C@@H](OC(C)=O)C2[C@H]3OC(C)(C)O[C@H]3C1NN2C(=O)Nc1ccccc1. The topological polar surface area (TPSA) is 115 Å². The molecule has 10 nitrogen and oxygen atoms in total. The molecule has 2 unspecified atom stereocenters. The van der Waals surface area contributed by atoms with Gasteiger partial charge in [0.1, 0.15) is 30.5 Å². The molecule has 5 rings (SSSR count). The molecule has 2 N–H and O–H groups in total. The predicted octanol–water partition coefficient (Wildman–Crippen LogP) is 1.95. The molecule has 6 atom stereocenters. The number of para-hydroxylation sites is 1. The molecule has 0 aromatic heterocycles. The van der Waals surface area contributed by atoms with Crippen LogP contribution in [0.2, 0.25) is 0 Å². The fourth-order valence-corrected chi connectivity index (χ4v) is 4.76. The van der Waals surface area contributed by atoms with E-state index in [4.69, 9.17) is 18.9 Å². The minimum Gasteiger partial charge on any atom is -0.461 e. The summed E-state index contributed by atoms with van der Waals surface area (Å²) in [6.07, 6.45) is -1.58. The van der Waals surface area contributed by atoms with Crippen LogP contribution in [0.4, 0.5) is 10.5 Å². The first kappa shape index (κ1) is 22.5. The molecule has 10 heteroatoms. The first-order chi connectivity index (χ1) is 15.1. The fraction of sp³-hybridized carbons (Fsp3) is 0.591. The van der Waals surface area contributed by atoms with Gasteiger partial charge >= 0.3 is 18.0 Å². The molecule has 1 aromatic carbocycles. The summed E-state index contributed by atoms with van der Waals surface area (Å²) in [5, 5.41) is 4.25. The Morgan fingerprint density at radius 1 is 1.00 bits per heavy atom. The second-order valence-corrected chi connectivity index (χ2v) is 8.75. The molecule has 3 saturated heterocycles.